The van der Waals surface area contributed by atoms with Gasteiger partial charge in [0.25, 0.3) is 0 Å². The van der Waals surface area contributed by atoms with E-state index in [2.05, 4.69) is 20.3 Å². The Balaban J connectivity index is 1.84. The Morgan fingerprint density at radius 2 is 1.81 bits per heavy atom. The number of halogens is 1. The Morgan fingerprint density at radius 1 is 1.00 bits per heavy atom. The number of pyridine rings is 3. The highest BCUT2D eigenvalue weighted by molar-refractivity contribution is 6.04. The van der Waals surface area contributed by atoms with Crippen LogP contribution in [0, 0.1) is 12.9 Å². The van der Waals surface area contributed by atoms with Gasteiger partial charge in [0, 0.05) is 31.2 Å². The number of aryl methyl sites for hydroxylation is 2. The summed E-state index contributed by atoms with van der Waals surface area (Å²) >= 11 is 0. The van der Waals surface area contributed by atoms with E-state index >= 15 is 0 Å². The third-order valence-electron chi connectivity index (χ3n) is 5.50. The van der Waals surface area contributed by atoms with E-state index in [-0.39, 0.29) is 5.69 Å². The van der Waals surface area contributed by atoms with Crippen LogP contribution in [-0.4, -0.2) is 31.1 Å². The van der Waals surface area contributed by atoms with Crippen LogP contribution in [0.1, 0.15) is 5.69 Å². The topological polar surface area (TPSA) is 77.6 Å². The molecule has 0 aliphatic rings. The van der Waals surface area contributed by atoms with Crippen LogP contribution in [0.4, 0.5) is 10.2 Å². The van der Waals surface area contributed by atoms with Crippen molar-refractivity contribution in [3.63, 3.8) is 0 Å². The maximum Gasteiger partial charge on any atom is 0.333 e. The molecule has 0 atom stereocenters. The monoisotopic (exact) mass is 414 g/mol. The van der Waals surface area contributed by atoms with Crippen LogP contribution in [0.3, 0.4) is 0 Å². The van der Waals surface area contributed by atoms with Crippen LogP contribution in [0.25, 0.3) is 38.8 Å². The van der Waals surface area contributed by atoms with Gasteiger partial charge in [-0.3, -0.25) is 14.1 Å². The second kappa shape index (κ2) is 7.02. The highest BCUT2D eigenvalue weighted by Gasteiger charge is 2.18. The van der Waals surface area contributed by atoms with Gasteiger partial charge in [-0.25, -0.2) is 14.8 Å². The Bertz CT molecular complexity index is 1520. The lowest BCUT2D eigenvalue weighted by molar-refractivity contribution is 0.579. The number of fused-ring (bicyclic) bond motifs is 3. The zero-order valence-electron chi connectivity index (χ0n) is 17.2. The summed E-state index contributed by atoms with van der Waals surface area (Å²) in [5.41, 5.74) is 4.76. The molecule has 0 aliphatic carbocycles. The van der Waals surface area contributed by atoms with Crippen molar-refractivity contribution in [2.45, 2.75) is 6.92 Å². The molecule has 7 nitrogen and oxygen atoms in total. The first-order chi connectivity index (χ1) is 15.0. The van der Waals surface area contributed by atoms with Gasteiger partial charge in [-0.1, -0.05) is 6.07 Å². The number of benzene rings is 1. The minimum Gasteiger partial charge on any atom is -0.373 e. The minimum absolute atomic E-state index is 0.244. The number of hydrogen-bond acceptors (Lipinski definition) is 5. The molecule has 8 heteroatoms. The van der Waals surface area contributed by atoms with Crippen LogP contribution >= 0.6 is 0 Å². The molecule has 0 aliphatic heterocycles. The number of nitrogens with zero attached hydrogens (tertiary/aromatic N) is 5. The van der Waals surface area contributed by atoms with Crippen molar-refractivity contribution >= 4 is 27.8 Å². The Morgan fingerprint density at radius 3 is 2.52 bits per heavy atom. The molecule has 4 heterocycles. The average molecular weight is 414 g/mol. The SMILES string of the molecule is CNc1ccc(-c2ccc3ncc4c(c3c2)n(-c2ccc(F)nc2C)c(=O)n4C)cn1. The van der Waals surface area contributed by atoms with E-state index in [1.54, 1.807) is 41.6 Å². The second-order valence-corrected chi connectivity index (χ2v) is 7.32. The van der Waals surface area contributed by atoms with Gasteiger partial charge in [0.1, 0.15) is 5.82 Å². The molecule has 0 radical (unpaired) electrons. The Hall–Kier alpha value is -4.07. The summed E-state index contributed by atoms with van der Waals surface area (Å²) in [6, 6.07) is 12.6. The standard InChI is InChI=1S/C23H19FN6O/c1-13-18(7-8-20(24)28-13)30-22-16-10-14(15-5-9-21(25-2)27-11-15)4-6-17(16)26-12-19(22)29(3)23(30)31/h4-12H,1-3H3,(H,25,27). The smallest absolute Gasteiger partial charge is 0.333 e. The fourth-order valence-corrected chi connectivity index (χ4v) is 3.87. The predicted octanol–water partition coefficient (Wildman–Crippen LogP) is 3.82. The summed E-state index contributed by atoms with van der Waals surface area (Å²) in [6.45, 7) is 1.69. The highest BCUT2D eigenvalue weighted by atomic mass is 19.1. The lowest BCUT2D eigenvalue weighted by atomic mass is 10.0. The van der Waals surface area contributed by atoms with Gasteiger partial charge < -0.3 is 5.32 Å². The first kappa shape index (κ1) is 18.9. The lowest BCUT2D eigenvalue weighted by Crippen LogP contribution is -2.21. The molecule has 0 unspecified atom stereocenters. The molecule has 1 N–H and O–H groups in total. The number of imidazole rings is 1. The fourth-order valence-electron chi connectivity index (χ4n) is 3.87. The number of anilines is 1. The van der Waals surface area contributed by atoms with Gasteiger partial charge in [0.2, 0.25) is 5.95 Å². The van der Waals surface area contributed by atoms with Gasteiger partial charge in [-0.05, 0) is 48.9 Å². The van der Waals surface area contributed by atoms with E-state index in [1.807, 2.05) is 37.4 Å². The highest BCUT2D eigenvalue weighted by Crippen LogP contribution is 2.30. The third-order valence-corrected chi connectivity index (χ3v) is 5.50. The van der Waals surface area contributed by atoms with E-state index < -0.39 is 5.95 Å². The molecule has 0 saturated heterocycles. The lowest BCUT2D eigenvalue weighted by Gasteiger charge is -2.10. The van der Waals surface area contributed by atoms with E-state index in [4.69, 9.17) is 0 Å². The number of rotatable bonds is 3. The van der Waals surface area contributed by atoms with Crippen LogP contribution in [0.15, 0.2) is 59.7 Å². The molecule has 0 saturated carbocycles. The summed E-state index contributed by atoms with van der Waals surface area (Å²) in [7, 11) is 3.52. The van der Waals surface area contributed by atoms with Crippen molar-refractivity contribution in [1.82, 2.24) is 24.1 Å². The van der Waals surface area contributed by atoms with Gasteiger partial charge in [0.15, 0.2) is 0 Å². The summed E-state index contributed by atoms with van der Waals surface area (Å²) in [6.07, 6.45) is 3.48. The summed E-state index contributed by atoms with van der Waals surface area (Å²) in [4.78, 5) is 26.0. The van der Waals surface area contributed by atoms with Gasteiger partial charge in [-0.15, -0.1) is 0 Å². The first-order valence-corrected chi connectivity index (χ1v) is 9.76. The van der Waals surface area contributed by atoms with Gasteiger partial charge in [0.05, 0.1) is 34.1 Å². The summed E-state index contributed by atoms with van der Waals surface area (Å²) in [5, 5.41) is 3.82. The molecule has 5 rings (SSSR count). The fraction of sp³-hybridized carbons (Fsp3) is 0.130. The molecular weight excluding hydrogens is 395 g/mol. The summed E-state index contributed by atoms with van der Waals surface area (Å²) < 4.78 is 16.7. The van der Waals surface area contributed by atoms with Crippen LogP contribution in [0.5, 0.6) is 0 Å². The first-order valence-electron chi connectivity index (χ1n) is 9.76. The van der Waals surface area contributed by atoms with Gasteiger partial charge in [-0.2, -0.15) is 4.39 Å². The third kappa shape index (κ3) is 2.95. The molecule has 0 fully saturated rings. The van der Waals surface area contributed by atoms with E-state index in [0.29, 0.717) is 22.4 Å². The van der Waals surface area contributed by atoms with Crippen molar-refractivity contribution in [3.05, 3.63) is 77.0 Å². The number of aromatic nitrogens is 5. The van der Waals surface area contributed by atoms with Crippen LogP contribution in [-0.2, 0) is 7.05 Å². The maximum absolute atomic E-state index is 13.6. The summed E-state index contributed by atoms with van der Waals surface area (Å²) in [5.74, 6) is 0.200. The van der Waals surface area contributed by atoms with Crippen molar-refractivity contribution < 1.29 is 4.39 Å². The molecule has 5 aromatic rings. The van der Waals surface area contributed by atoms with Crippen molar-refractivity contribution in [3.8, 4) is 16.8 Å². The minimum atomic E-state index is -0.583. The second-order valence-electron chi connectivity index (χ2n) is 7.32. The Kier molecular flexibility index (Phi) is 4.28. The van der Waals surface area contributed by atoms with E-state index in [1.165, 1.54) is 6.07 Å². The molecule has 1 aromatic carbocycles. The predicted molar refractivity (Wildman–Crippen MR) is 119 cm³/mol. The van der Waals surface area contributed by atoms with Crippen LogP contribution in [0.2, 0.25) is 0 Å². The zero-order valence-corrected chi connectivity index (χ0v) is 17.2. The molecule has 0 bridgehead atoms. The molecule has 0 spiro atoms. The molecule has 0 amide bonds. The molecular formula is C23H19FN6O. The number of nitrogens with one attached hydrogen (secondary N) is 1. The molecule has 4 aromatic heterocycles. The Labute approximate surface area is 176 Å². The van der Waals surface area contributed by atoms with Crippen molar-refractivity contribution in [2.24, 2.45) is 7.05 Å². The van der Waals surface area contributed by atoms with E-state index in [9.17, 15) is 9.18 Å². The molecule has 154 valence electrons. The van der Waals surface area contributed by atoms with E-state index in [0.717, 1.165) is 27.8 Å². The van der Waals surface area contributed by atoms with Crippen LogP contribution < -0.4 is 11.0 Å². The van der Waals surface area contributed by atoms with Gasteiger partial charge >= 0.3 is 5.69 Å². The average Bonchev–Trinajstić information content (AvgIpc) is 3.04. The largest absolute Gasteiger partial charge is 0.373 e. The normalized spacial score (nSPS) is 11.4. The maximum atomic E-state index is 13.6. The number of hydrogen-bond donors (Lipinski definition) is 1. The quantitative estimate of drug-likeness (QED) is 0.454. The molecule has 31 heavy (non-hydrogen) atoms. The van der Waals surface area contributed by atoms with Crippen molar-refractivity contribution in [2.75, 3.05) is 12.4 Å². The zero-order chi connectivity index (χ0) is 21.7. The van der Waals surface area contributed by atoms with Crippen molar-refractivity contribution in [1.29, 1.82) is 0 Å².